The summed E-state index contributed by atoms with van der Waals surface area (Å²) in [6.07, 6.45) is 7.04. The van der Waals surface area contributed by atoms with Crippen LogP contribution in [0.4, 0.5) is 0 Å². The van der Waals surface area contributed by atoms with Gasteiger partial charge in [-0.05, 0) is 24.8 Å². The normalized spacial score (nSPS) is 16.9. The monoisotopic (exact) mass is 229 g/mol. The number of benzene rings is 1. The minimum atomic E-state index is -0.000972. The summed E-state index contributed by atoms with van der Waals surface area (Å²) in [6, 6.07) is 10.1. The first-order valence-corrected chi connectivity index (χ1v) is 6.35. The van der Waals surface area contributed by atoms with Crippen molar-refractivity contribution in [2.45, 2.75) is 32.1 Å². The van der Waals surface area contributed by atoms with Gasteiger partial charge >= 0.3 is 0 Å². The maximum atomic E-state index is 12.4. The lowest BCUT2D eigenvalue weighted by Gasteiger charge is -2.26. The molecule has 2 nitrogen and oxygen atoms in total. The zero-order chi connectivity index (χ0) is 12.1. The van der Waals surface area contributed by atoms with E-state index in [1.807, 2.05) is 41.4 Å². The zero-order valence-corrected chi connectivity index (χ0v) is 10.3. The molecule has 1 aromatic carbocycles. The van der Waals surface area contributed by atoms with Crippen LogP contribution in [0.5, 0.6) is 0 Å². The van der Waals surface area contributed by atoms with Crippen LogP contribution in [0, 0.1) is 0 Å². The lowest BCUT2D eigenvalue weighted by atomic mass is 9.95. The van der Waals surface area contributed by atoms with Crippen LogP contribution in [0.15, 0.2) is 42.6 Å². The highest BCUT2D eigenvalue weighted by Gasteiger charge is 2.23. The van der Waals surface area contributed by atoms with Gasteiger partial charge in [-0.15, -0.1) is 0 Å². The maximum absolute atomic E-state index is 12.4. The van der Waals surface area contributed by atoms with Gasteiger partial charge in [0.25, 0.3) is 0 Å². The molecule has 0 fully saturated rings. The fourth-order valence-corrected chi connectivity index (χ4v) is 2.28. The van der Waals surface area contributed by atoms with Crippen LogP contribution in [-0.2, 0) is 4.79 Å². The van der Waals surface area contributed by atoms with Gasteiger partial charge in [0.05, 0.1) is 5.92 Å². The van der Waals surface area contributed by atoms with Gasteiger partial charge in [-0.1, -0.05) is 43.3 Å². The van der Waals surface area contributed by atoms with Crippen molar-refractivity contribution in [3.05, 3.63) is 48.2 Å². The SMILES string of the molecule is CCC(C(=O)N1C=CCCC1)c1ccccc1. The molecule has 1 heterocycles. The first-order chi connectivity index (χ1) is 8.33. The zero-order valence-electron chi connectivity index (χ0n) is 10.3. The van der Waals surface area contributed by atoms with E-state index in [1.165, 1.54) is 0 Å². The molecule has 0 aromatic heterocycles. The Hall–Kier alpha value is -1.57. The number of carbonyl (C=O) groups excluding carboxylic acids is 1. The second kappa shape index (κ2) is 5.67. The number of hydrogen-bond acceptors (Lipinski definition) is 1. The summed E-state index contributed by atoms with van der Waals surface area (Å²) in [5, 5.41) is 0. The number of amides is 1. The van der Waals surface area contributed by atoms with E-state index in [-0.39, 0.29) is 11.8 Å². The molecule has 2 heteroatoms. The van der Waals surface area contributed by atoms with Crippen LogP contribution >= 0.6 is 0 Å². The fourth-order valence-electron chi connectivity index (χ4n) is 2.28. The lowest BCUT2D eigenvalue weighted by molar-refractivity contribution is -0.130. The van der Waals surface area contributed by atoms with Crippen molar-refractivity contribution in [3.8, 4) is 0 Å². The third kappa shape index (κ3) is 2.76. The molecule has 2 rings (SSSR count). The first-order valence-electron chi connectivity index (χ1n) is 6.35. The van der Waals surface area contributed by atoms with E-state index in [9.17, 15) is 4.79 Å². The Bertz CT molecular complexity index is 397. The average molecular weight is 229 g/mol. The van der Waals surface area contributed by atoms with Crippen LogP contribution in [0.25, 0.3) is 0 Å². The van der Waals surface area contributed by atoms with Crippen molar-refractivity contribution < 1.29 is 4.79 Å². The van der Waals surface area contributed by atoms with Gasteiger partial charge in [-0.3, -0.25) is 4.79 Å². The molecule has 1 unspecified atom stereocenters. The number of carbonyl (C=O) groups is 1. The Labute approximate surface area is 103 Å². The van der Waals surface area contributed by atoms with Crippen LogP contribution in [0.3, 0.4) is 0 Å². The summed E-state index contributed by atoms with van der Waals surface area (Å²) in [6.45, 7) is 2.93. The summed E-state index contributed by atoms with van der Waals surface area (Å²) in [5.74, 6) is 0.230. The van der Waals surface area contributed by atoms with E-state index in [2.05, 4.69) is 13.0 Å². The third-order valence-corrected chi connectivity index (χ3v) is 3.25. The predicted molar refractivity (Wildman–Crippen MR) is 69.6 cm³/mol. The Kier molecular flexibility index (Phi) is 3.97. The molecule has 1 amide bonds. The molecule has 1 aliphatic heterocycles. The quantitative estimate of drug-likeness (QED) is 0.778. The maximum Gasteiger partial charge on any atom is 0.234 e. The number of nitrogens with zero attached hydrogens (tertiary/aromatic N) is 1. The molecule has 0 radical (unpaired) electrons. The molecule has 0 spiro atoms. The molecule has 1 atom stereocenters. The van der Waals surface area contributed by atoms with Crippen molar-refractivity contribution in [3.63, 3.8) is 0 Å². The van der Waals surface area contributed by atoms with E-state index < -0.39 is 0 Å². The fraction of sp³-hybridized carbons (Fsp3) is 0.400. The highest BCUT2D eigenvalue weighted by molar-refractivity contribution is 5.84. The largest absolute Gasteiger partial charge is 0.319 e. The first kappa shape index (κ1) is 11.9. The molecule has 0 N–H and O–H groups in total. The van der Waals surface area contributed by atoms with Crippen molar-refractivity contribution in [2.75, 3.05) is 6.54 Å². The standard InChI is InChI=1S/C15H19NO/c1-2-14(13-9-5-3-6-10-13)15(17)16-11-7-4-8-12-16/h3,5-7,9-11,14H,2,4,8,12H2,1H3. The number of hydrogen-bond donors (Lipinski definition) is 0. The van der Waals surface area contributed by atoms with Gasteiger partial charge in [0.15, 0.2) is 0 Å². The second-order valence-corrected chi connectivity index (χ2v) is 4.43. The van der Waals surface area contributed by atoms with Gasteiger partial charge in [0, 0.05) is 12.7 Å². The third-order valence-electron chi connectivity index (χ3n) is 3.25. The molecule has 0 bridgehead atoms. The highest BCUT2D eigenvalue weighted by Crippen LogP contribution is 2.23. The number of allylic oxidation sites excluding steroid dienone is 1. The topological polar surface area (TPSA) is 20.3 Å². The summed E-state index contributed by atoms with van der Waals surface area (Å²) < 4.78 is 0. The average Bonchev–Trinajstić information content (AvgIpc) is 2.42. The van der Waals surface area contributed by atoms with Gasteiger partial charge in [-0.25, -0.2) is 0 Å². The van der Waals surface area contributed by atoms with Crippen LogP contribution in [-0.4, -0.2) is 17.4 Å². The van der Waals surface area contributed by atoms with Crippen molar-refractivity contribution >= 4 is 5.91 Å². The predicted octanol–water partition coefficient (Wildman–Crippen LogP) is 3.32. The molecular formula is C15H19NO. The minimum absolute atomic E-state index is 0.000972. The minimum Gasteiger partial charge on any atom is -0.319 e. The van der Waals surface area contributed by atoms with E-state index in [4.69, 9.17) is 0 Å². The highest BCUT2D eigenvalue weighted by atomic mass is 16.2. The molecule has 0 saturated carbocycles. The Morgan fingerprint density at radius 3 is 2.71 bits per heavy atom. The van der Waals surface area contributed by atoms with Crippen LogP contribution < -0.4 is 0 Å². The van der Waals surface area contributed by atoms with Crippen LogP contribution in [0.2, 0.25) is 0 Å². The second-order valence-electron chi connectivity index (χ2n) is 4.43. The van der Waals surface area contributed by atoms with Gasteiger partial charge < -0.3 is 4.90 Å². The molecule has 1 aromatic rings. The summed E-state index contributed by atoms with van der Waals surface area (Å²) in [7, 11) is 0. The Balaban J connectivity index is 2.15. The molecule has 90 valence electrons. The van der Waals surface area contributed by atoms with Gasteiger partial charge in [-0.2, -0.15) is 0 Å². The van der Waals surface area contributed by atoms with E-state index in [0.29, 0.717) is 0 Å². The smallest absolute Gasteiger partial charge is 0.234 e. The van der Waals surface area contributed by atoms with Crippen molar-refractivity contribution in [2.24, 2.45) is 0 Å². The van der Waals surface area contributed by atoms with Gasteiger partial charge in [0.2, 0.25) is 5.91 Å². The summed E-state index contributed by atoms with van der Waals surface area (Å²) >= 11 is 0. The molecule has 0 aliphatic carbocycles. The summed E-state index contributed by atoms with van der Waals surface area (Å²) in [5.41, 5.74) is 1.12. The van der Waals surface area contributed by atoms with Gasteiger partial charge in [0.1, 0.15) is 0 Å². The number of rotatable bonds is 3. The van der Waals surface area contributed by atoms with Crippen LogP contribution in [0.1, 0.15) is 37.7 Å². The molecule has 17 heavy (non-hydrogen) atoms. The summed E-state index contributed by atoms with van der Waals surface area (Å²) in [4.78, 5) is 14.3. The van der Waals surface area contributed by atoms with E-state index in [0.717, 1.165) is 31.4 Å². The molecular weight excluding hydrogens is 210 g/mol. The van der Waals surface area contributed by atoms with E-state index in [1.54, 1.807) is 0 Å². The Morgan fingerprint density at radius 2 is 2.12 bits per heavy atom. The van der Waals surface area contributed by atoms with E-state index >= 15 is 0 Å². The lowest BCUT2D eigenvalue weighted by Crippen LogP contribution is -2.32. The van der Waals surface area contributed by atoms with Crippen molar-refractivity contribution in [1.82, 2.24) is 4.90 Å². The molecule has 1 aliphatic rings. The van der Waals surface area contributed by atoms with Crippen molar-refractivity contribution in [1.29, 1.82) is 0 Å². The molecule has 0 saturated heterocycles. The Morgan fingerprint density at radius 1 is 1.35 bits per heavy atom.